The van der Waals surface area contributed by atoms with Crippen molar-refractivity contribution in [2.45, 2.75) is 75.3 Å². The number of hydrogen-bond acceptors (Lipinski definition) is 2. The van der Waals surface area contributed by atoms with Gasteiger partial charge >= 0.3 is 24.7 Å². The SMILES string of the molecule is FC(F)(F)c1cc(C[CH]C(c2cc(C(F)(F)F)cc(C(F)(F)F)c2)N2CCN(C3CCCCC3)CC2)cc(C(F)(F)F)c1. The summed E-state index contributed by atoms with van der Waals surface area (Å²) in [6.07, 6.45) is -14.8. The van der Waals surface area contributed by atoms with E-state index in [2.05, 4.69) is 4.90 Å². The molecule has 239 valence electrons. The summed E-state index contributed by atoms with van der Waals surface area (Å²) in [5.74, 6) is 0. The summed E-state index contributed by atoms with van der Waals surface area (Å²) in [5.41, 5.74) is -7.10. The van der Waals surface area contributed by atoms with Gasteiger partial charge in [-0.3, -0.25) is 9.80 Å². The zero-order valence-electron chi connectivity index (χ0n) is 22.7. The van der Waals surface area contributed by atoms with Gasteiger partial charge in [-0.2, -0.15) is 52.7 Å². The van der Waals surface area contributed by atoms with Gasteiger partial charge < -0.3 is 0 Å². The average Bonchev–Trinajstić information content (AvgIpc) is 2.92. The highest BCUT2D eigenvalue weighted by Crippen LogP contribution is 2.41. The van der Waals surface area contributed by atoms with E-state index in [1.807, 2.05) is 0 Å². The monoisotopic (exact) mass is 633 g/mol. The quantitative estimate of drug-likeness (QED) is 0.293. The Kier molecular flexibility index (Phi) is 9.71. The van der Waals surface area contributed by atoms with Gasteiger partial charge in [0.05, 0.1) is 22.3 Å². The van der Waals surface area contributed by atoms with E-state index in [4.69, 9.17) is 0 Å². The van der Waals surface area contributed by atoms with Crippen LogP contribution in [0.5, 0.6) is 0 Å². The van der Waals surface area contributed by atoms with E-state index in [1.165, 1.54) is 6.42 Å². The predicted octanol–water partition coefficient (Wildman–Crippen LogP) is 9.20. The highest BCUT2D eigenvalue weighted by Gasteiger charge is 2.40. The lowest BCUT2D eigenvalue weighted by molar-refractivity contribution is -0.144. The summed E-state index contributed by atoms with van der Waals surface area (Å²) >= 11 is 0. The molecule has 2 fully saturated rings. The maximum atomic E-state index is 13.7. The fraction of sp³-hybridized carbons (Fsp3) is 0.552. The number of halogens is 12. The van der Waals surface area contributed by atoms with Crippen LogP contribution in [0.1, 0.15) is 71.5 Å². The molecule has 1 radical (unpaired) electrons. The van der Waals surface area contributed by atoms with E-state index >= 15 is 0 Å². The first-order chi connectivity index (χ1) is 19.8. The first-order valence-electron chi connectivity index (χ1n) is 13.7. The number of benzene rings is 2. The minimum atomic E-state index is -5.14. The van der Waals surface area contributed by atoms with Crippen LogP contribution in [-0.4, -0.2) is 42.0 Å². The molecule has 14 heteroatoms. The van der Waals surface area contributed by atoms with Crippen molar-refractivity contribution in [1.82, 2.24) is 9.80 Å². The van der Waals surface area contributed by atoms with E-state index in [1.54, 1.807) is 4.90 Å². The van der Waals surface area contributed by atoms with Crippen molar-refractivity contribution in [3.63, 3.8) is 0 Å². The number of nitrogens with zero attached hydrogens (tertiary/aromatic N) is 2. The van der Waals surface area contributed by atoms with Crippen LogP contribution in [0.2, 0.25) is 0 Å². The number of hydrogen-bond donors (Lipinski definition) is 0. The maximum Gasteiger partial charge on any atom is 0.416 e. The van der Waals surface area contributed by atoms with Gasteiger partial charge in [0.2, 0.25) is 0 Å². The largest absolute Gasteiger partial charge is 0.416 e. The lowest BCUT2D eigenvalue weighted by Crippen LogP contribution is -2.51. The van der Waals surface area contributed by atoms with E-state index in [-0.39, 0.29) is 25.2 Å². The van der Waals surface area contributed by atoms with Gasteiger partial charge in [0, 0.05) is 38.3 Å². The molecule has 0 spiro atoms. The molecule has 0 amide bonds. The molecule has 1 unspecified atom stereocenters. The van der Waals surface area contributed by atoms with E-state index in [9.17, 15) is 52.7 Å². The third kappa shape index (κ3) is 8.58. The first kappa shape index (κ1) is 33.4. The number of alkyl halides is 12. The van der Waals surface area contributed by atoms with Crippen LogP contribution in [0.3, 0.4) is 0 Å². The van der Waals surface area contributed by atoms with Crippen LogP contribution >= 0.6 is 0 Å². The Morgan fingerprint density at radius 1 is 0.581 bits per heavy atom. The molecule has 1 atom stereocenters. The normalized spacial score (nSPS) is 19.5. The fourth-order valence-corrected chi connectivity index (χ4v) is 5.86. The molecule has 2 nitrogen and oxygen atoms in total. The Morgan fingerprint density at radius 2 is 1.00 bits per heavy atom. The van der Waals surface area contributed by atoms with Crippen molar-refractivity contribution in [2.24, 2.45) is 0 Å². The molecule has 1 heterocycles. The second kappa shape index (κ2) is 12.5. The molecule has 43 heavy (non-hydrogen) atoms. The van der Waals surface area contributed by atoms with Crippen molar-refractivity contribution in [3.05, 3.63) is 76.2 Å². The zero-order chi connectivity index (χ0) is 31.8. The smallest absolute Gasteiger partial charge is 0.298 e. The molecule has 1 aliphatic carbocycles. The number of piperazine rings is 1. The molecule has 1 aliphatic heterocycles. The van der Waals surface area contributed by atoms with E-state index < -0.39 is 70.5 Å². The van der Waals surface area contributed by atoms with Gasteiger partial charge in [-0.1, -0.05) is 19.3 Å². The van der Waals surface area contributed by atoms with Crippen LogP contribution < -0.4 is 0 Å². The van der Waals surface area contributed by atoms with E-state index in [0.717, 1.165) is 32.1 Å². The molecular weight excluding hydrogens is 604 g/mol. The van der Waals surface area contributed by atoms with Gasteiger partial charge in [-0.05, 0) is 73.2 Å². The van der Waals surface area contributed by atoms with Crippen molar-refractivity contribution >= 4 is 0 Å². The number of rotatable bonds is 6. The summed E-state index contributed by atoms with van der Waals surface area (Å²) < 4.78 is 162. The van der Waals surface area contributed by atoms with Gasteiger partial charge in [0.1, 0.15) is 0 Å². The molecule has 1 saturated heterocycles. The van der Waals surface area contributed by atoms with E-state index in [0.29, 0.717) is 43.4 Å². The van der Waals surface area contributed by atoms with Crippen LogP contribution in [-0.2, 0) is 31.1 Å². The van der Waals surface area contributed by atoms with Crippen molar-refractivity contribution in [2.75, 3.05) is 26.2 Å². The maximum absolute atomic E-state index is 13.7. The summed E-state index contributed by atoms with van der Waals surface area (Å²) in [5, 5.41) is 0. The summed E-state index contributed by atoms with van der Waals surface area (Å²) in [6.45, 7) is 1.38. The second-order valence-electron chi connectivity index (χ2n) is 11.0. The Balaban J connectivity index is 1.69. The van der Waals surface area contributed by atoms with Gasteiger partial charge in [-0.25, -0.2) is 0 Å². The van der Waals surface area contributed by atoms with Crippen LogP contribution in [0.15, 0.2) is 36.4 Å². The highest BCUT2D eigenvalue weighted by atomic mass is 19.4. The molecule has 0 bridgehead atoms. The topological polar surface area (TPSA) is 6.48 Å². The molecule has 1 saturated carbocycles. The van der Waals surface area contributed by atoms with Crippen LogP contribution in [0.25, 0.3) is 0 Å². The Labute approximate surface area is 240 Å². The first-order valence-corrected chi connectivity index (χ1v) is 13.7. The molecule has 2 aliphatic rings. The third-order valence-electron chi connectivity index (χ3n) is 8.01. The van der Waals surface area contributed by atoms with Gasteiger partial charge in [0.25, 0.3) is 0 Å². The summed E-state index contributed by atoms with van der Waals surface area (Å²) in [6, 6.07) is 1.08. The molecule has 2 aromatic carbocycles. The molecule has 2 aromatic rings. The Hall–Kier alpha value is -2.48. The van der Waals surface area contributed by atoms with Crippen molar-refractivity contribution < 1.29 is 52.7 Å². The Bertz CT molecular complexity index is 1170. The van der Waals surface area contributed by atoms with Crippen LogP contribution in [0, 0.1) is 6.42 Å². The highest BCUT2D eigenvalue weighted by molar-refractivity contribution is 5.38. The summed E-state index contributed by atoms with van der Waals surface area (Å²) in [7, 11) is 0. The fourth-order valence-electron chi connectivity index (χ4n) is 5.86. The standard InChI is InChI=1S/C29H29F12N2/c30-26(31,32)20-12-18(13-21(16-20)27(33,34)35)6-7-25(43-10-8-42(9-11-43)24-4-2-1-3-5-24)19-14-22(28(36,37)38)17-23(15-19)29(39,40)41/h7,12-17,24-25H,1-6,8-11H2. The average molecular weight is 634 g/mol. The molecule has 0 aromatic heterocycles. The third-order valence-corrected chi connectivity index (χ3v) is 8.01. The van der Waals surface area contributed by atoms with Gasteiger partial charge in [0.15, 0.2) is 0 Å². The Morgan fingerprint density at radius 3 is 1.42 bits per heavy atom. The molecule has 0 N–H and O–H groups in total. The van der Waals surface area contributed by atoms with Gasteiger partial charge in [-0.15, -0.1) is 0 Å². The zero-order valence-corrected chi connectivity index (χ0v) is 22.7. The molecule has 4 rings (SSSR count). The predicted molar refractivity (Wildman–Crippen MR) is 134 cm³/mol. The lowest BCUT2D eigenvalue weighted by atomic mass is 9.91. The second-order valence-corrected chi connectivity index (χ2v) is 11.0. The van der Waals surface area contributed by atoms with Crippen molar-refractivity contribution in [1.29, 1.82) is 0 Å². The minimum absolute atomic E-state index is 0.0238. The summed E-state index contributed by atoms with van der Waals surface area (Å²) in [4.78, 5) is 3.83. The minimum Gasteiger partial charge on any atom is -0.298 e. The van der Waals surface area contributed by atoms with Crippen molar-refractivity contribution in [3.8, 4) is 0 Å². The lowest BCUT2D eigenvalue weighted by Gasteiger charge is -2.43. The van der Waals surface area contributed by atoms with Crippen LogP contribution in [0.4, 0.5) is 52.7 Å². The molecular formula is C29H29F12N2.